The molecule has 1 aliphatic heterocycles. The Morgan fingerprint density at radius 2 is 1.41 bits per heavy atom. The third-order valence-corrected chi connectivity index (χ3v) is 6.52. The second-order valence-corrected chi connectivity index (χ2v) is 8.79. The summed E-state index contributed by atoms with van der Waals surface area (Å²) in [5.41, 5.74) is 2.01. The number of cyclic esters (lactones) is 1. The molecule has 0 radical (unpaired) electrons. The van der Waals surface area contributed by atoms with Crippen LogP contribution in [-0.4, -0.2) is 23.8 Å². The van der Waals surface area contributed by atoms with Crippen molar-refractivity contribution in [2.45, 2.75) is 49.8 Å². The van der Waals surface area contributed by atoms with E-state index in [9.17, 15) is 9.59 Å². The number of ether oxygens (including phenoxy) is 1. The van der Waals surface area contributed by atoms with Gasteiger partial charge in [-0.1, -0.05) is 78.9 Å². The Hall–Kier alpha value is -3.40. The smallest absolute Gasteiger partial charge is 0.337 e. The highest BCUT2D eigenvalue weighted by Crippen LogP contribution is 2.42. The summed E-state index contributed by atoms with van der Waals surface area (Å²) in [6.45, 7) is 0. The third kappa shape index (κ3) is 4.05. The summed E-state index contributed by atoms with van der Waals surface area (Å²) in [4.78, 5) is 29.1. The Labute approximate surface area is 188 Å². The molecule has 0 bridgehead atoms. The maximum Gasteiger partial charge on any atom is 0.337 e. The minimum Gasteiger partial charge on any atom is -0.452 e. The summed E-state index contributed by atoms with van der Waals surface area (Å²) in [6, 6.07) is 29.0. The minimum absolute atomic E-state index is 0.0612. The van der Waals surface area contributed by atoms with Gasteiger partial charge in [-0.3, -0.25) is 4.79 Å². The average molecular weight is 426 g/mol. The van der Waals surface area contributed by atoms with E-state index in [1.807, 2.05) is 83.8 Å². The lowest BCUT2D eigenvalue weighted by atomic mass is 9.80. The van der Waals surface area contributed by atoms with Gasteiger partial charge in [0.2, 0.25) is 0 Å². The van der Waals surface area contributed by atoms with E-state index in [1.54, 1.807) is 0 Å². The first-order valence-electron chi connectivity index (χ1n) is 11.3. The van der Waals surface area contributed by atoms with Crippen LogP contribution in [0.25, 0.3) is 0 Å². The fourth-order valence-electron chi connectivity index (χ4n) is 4.76. The number of nitrogens with zero attached hydrogens (tertiary/aromatic N) is 1. The van der Waals surface area contributed by atoms with Crippen LogP contribution in [0.1, 0.15) is 36.8 Å². The van der Waals surface area contributed by atoms with Crippen LogP contribution in [0.5, 0.6) is 0 Å². The number of hydrogen-bond donors (Lipinski definition) is 0. The second-order valence-electron chi connectivity index (χ2n) is 8.79. The number of rotatable bonds is 7. The van der Waals surface area contributed by atoms with Crippen LogP contribution in [0, 0.1) is 0 Å². The second kappa shape index (κ2) is 8.62. The van der Waals surface area contributed by atoms with Crippen molar-refractivity contribution < 1.29 is 14.3 Å². The number of carbonyl (C=O) groups excluding carboxylic acids is 2. The van der Waals surface area contributed by atoms with E-state index in [-0.39, 0.29) is 18.2 Å². The number of benzene rings is 3. The van der Waals surface area contributed by atoms with Gasteiger partial charge in [0.15, 0.2) is 11.8 Å². The van der Waals surface area contributed by atoms with Gasteiger partial charge < -0.3 is 9.64 Å². The highest BCUT2D eigenvalue weighted by Gasteiger charge is 2.52. The van der Waals surface area contributed by atoms with Crippen molar-refractivity contribution in [3.05, 3.63) is 102 Å². The molecular weight excluding hydrogens is 398 g/mol. The summed E-state index contributed by atoms with van der Waals surface area (Å²) < 4.78 is 6.24. The zero-order chi connectivity index (χ0) is 22.0. The van der Waals surface area contributed by atoms with Crippen molar-refractivity contribution >= 4 is 17.4 Å². The Kier molecular flexibility index (Phi) is 5.52. The van der Waals surface area contributed by atoms with Gasteiger partial charge in [-0.2, -0.15) is 0 Å². The number of ketones is 1. The molecule has 5 rings (SSSR count). The van der Waals surface area contributed by atoms with Crippen molar-refractivity contribution in [2.24, 2.45) is 0 Å². The van der Waals surface area contributed by atoms with E-state index in [0.717, 1.165) is 36.1 Å². The van der Waals surface area contributed by atoms with Gasteiger partial charge in [0.1, 0.15) is 5.60 Å². The van der Waals surface area contributed by atoms with E-state index in [4.69, 9.17) is 4.74 Å². The van der Waals surface area contributed by atoms with E-state index >= 15 is 0 Å². The van der Waals surface area contributed by atoms with E-state index in [0.29, 0.717) is 6.42 Å². The van der Waals surface area contributed by atoms with Crippen LogP contribution in [0.4, 0.5) is 5.69 Å². The zero-order valence-corrected chi connectivity index (χ0v) is 18.0. The van der Waals surface area contributed by atoms with Gasteiger partial charge in [0.25, 0.3) is 0 Å². The summed E-state index contributed by atoms with van der Waals surface area (Å²) in [6.07, 6.45) is 3.47. The molecule has 3 aromatic carbocycles. The van der Waals surface area contributed by atoms with Crippen LogP contribution in [-0.2, 0) is 26.3 Å². The molecule has 2 unspecified atom stereocenters. The molecule has 3 aromatic rings. The Morgan fingerprint density at radius 1 is 0.812 bits per heavy atom. The topological polar surface area (TPSA) is 46.6 Å². The average Bonchev–Trinajstić information content (AvgIpc) is 3.67. The Bertz CT molecular complexity index is 1060. The molecule has 32 heavy (non-hydrogen) atoms. The first kappa shape index (κ1) is 20.5. The van der Waals surface area contributed by atoms with E-state index < -0.39 is 17.6 Å². The molecule has 2 fully saturated rings. The van der Waals surface area contributed by atoms with Crippen molar-refractivity contribution in [3.63, 3.8) is 0 Å². The molecule has 1 saturated heterocycles. The van der Waals surface area contributed by atoms with E-state index in [1.165, 1.54) is 0 Å². The van der Waals surface area contributed by atoms with E-state index in [2.05, 4.69) is 12.1 Å². The highest BCUT2D eigenvalue weighted by atomic mass is 16.6. The highest BCUT2D eigenvalue weighted by molar-refractivity contribution is 6.08. The summed E-state index contributed by atoms with van der Waals surface area (Å²) in [5, 5.41) is 0. The van der Waals surface area contributed by atoms with Crippen molar-refractivity contribution in [1.29, 1.82) is 0 Å². The summed E-state index contributed by atoms with van der Waals surface area (Å²) in [5.74, 6) is -0.497. The molecule has 0 amide bonds. The maximum atomic E-state index is 13.6. The lowest BCUT2D eigenvalue weighted by Crippen LogP contribution is -2.57. The van der Waals surface area contributed by atoms with Gasteiger partial charge >= 0.3 is 5.97 Å². The zero-order valence-electron chi connectivity index (χ0n) is 18.0. The molecule has 0 aromatic heterocycles. The molecule has 0 spiro atoms. The van der Waals surface area contributed by atoms with Crippen molar-refractivity contribution in [3.8, 4) is 0 Å². The van der Waals surface area contributed by atoms with Crippen LogP contribution in [0.2, 0.25) is 0 Å². The molecule has 162 valence electrons. The maximum absolute atomic E-state index is 13.6. The van der Waals surface area contributed by atoms with Crippen LogP contribution >= 0.6 is 0 Å². The van der Waals surface area contributed by atoms with Crippen molar-refractivity contribution in [2.75, 3.05) is 4.90 Å². The lowest BCUT2D eigenvalue weighted by molar-refractivity contribution is -0.175. The molecule has 1 saturated carbocycles. The normalized spacial score (nSPS) is 22.9. The van der Waals surface area contributed by atoms with Crippen LogP contribution < -0.4 is 4.90 Å². The quantitative estimate of drug-likeness (QED) is 0.392. The number of hydrogen-bond acceptors (Lipinski definition) is 4. The number of aryl methyl sites for hydroxylation is 1. The number of esters is 1. The number of para-hydroxylation sites is 1. The molecule has 2 atom stereocenters. The lowest BCUT2D eigenvalue weighted by Gasteiger charge is -2.42. The molecule has 4 heteroatoms. The molecule has 4 nitrogen and oxygen atoms in total. The standard InChI is InChI=1S/C28H27NO3/c30-25-20-28(22-12-6-2-7-13-22,19-18-21-10-4-1-5-11-21)32-27(31)26(25)29(24-16-17-24)23-14-8-3-9-15-23/h1-15,24,26H,16-20H2. The first-order chi connectivity index (χ1) is 15.7. The van der Waals surface area contributed by atoms with Crippen molar-refractivity contribution in [1.82, 2.24) is 0 Å². The molecule has 0 N–H and O–H groups in total. The predicted octanol–water partition coefficient (Wildman–Crippen LogP) is 5.07. The predicted molar refractivity (Wildman–Crippen MR) is 124 cm³/mol. The summed E-state index contributed by atoms with van der Waals surface area (Å²) >= 11 is 0. The molecule has 2 aliphatic rings. The Morgan fingerprint density at radius 3 is 2.00 bits per heavy atom. The van der Waals surface area contributed by atoms with Gasteiger partial charge in [0.05, 0.1) is 6.42 Å². The minimum atomic E-state index is -0.937. The third-order valence-electron chi connectivity index (χ3n) is 6.52. The van der Waals surface area contributed by atoms with Gasteiger partial charge in [-0.25, -0.2) is 4.79 Å². The van der Waals surface area contributed by atoms with Crippen LogP contribution in [0.3, 0.4) is 0 Å². The van der Waals surface area contributed by atoms with Crippen LogP contribution in [0.15, 0.2) is 91.0 Å². The van der Waals surface area contributed by atoms with Gasteiger partial charge in [-0.15, -0.1) is 0 Å². The fraction of sp³-hybridized carbons (Fsp3) is 0.286. The molecule has 1 aliphatic carbocycles. The number of Topliss-reactive ketones (excluding diaryl/α,β-unsaturated/α-hetero) is 1. The number of anilines is 1. The summed E-state index contributed by atoms with van der Waals surface area (Å²) in [7, 11) is 0. The SMILES string of the molecule is O=C1CC(CCc2ccccc2)(c2ccccc2)OC(=O)C1N(c1ccccc1)C1CC1. The monoisotopic (exact) mass is 425 g/mol. The van der Waals surface area contributed by atoms with Gasteiger partial charge in [0, 0.05) is 11.7 Å². The first-order valence-corrected chi connectivity index (χ1v) is 11.3. The van der Waals surface area contributed by atoms with Gasteiger partial charge in [-0.05, 0) is 48.9 Å². The largest absolute Gasteiger partial charge is 0.452 e. The fourth-order valence-corrected chi connectivity index (χ4v) is 4.76. The molecular formula is C28H27NO3. The number of carbonyl (C=O) groups is 2. The Balaban J connectivity index is 1.46. The molecule has 1 heterocycles.